The summed E-state index contributed by atoms with van der Waals surface area (Å²) in [7, 11) is -0.772. The van der Waals surface area contributed by atoms with E-state index in [-0.39, 0.29) is 10.6 Å². The summed E-state index contributed by atoms with van der Waals surface area (Å²) in [6, 6.07) is 7.99. The molecule has 0 atom stereocenters. The quantitative estimate of drug-likeness (QED) is 0.756. The van der Waals surface area contributed by atoms with Gasteiger partial charge in [-0.3, -0.25) is 4.79 Å². The Morgan fingerprint density at radius 1 is 1.12 bits per heavy atom. The fraction of sp³-hybridized carbons (Fsp3) is 0.235. The second-order valence-corrected chi connectivity index (χ2v) is 8.85. The summed E-state index contributed by atoms with van der Waals surface area (Å²) in [5.74, 6) is -2.35. The highest BCUT2D eigenvalue weighted by molar-refractivity contribution is 8.00. The maximum Gasteiger partial charge on any atom is 0.242 e. The zero-order valence-electron chi connectivity index (χ0n) is 14.4. The zero-order chi connectivity index (χ0) is 19.5. The Labute approximate surface area is 155 Å². The van der Waals surface area contributed by atoms with Crippen LogP contribution in [-0.2, 0) is 14.8 Å². The summed E-state index contributed by atoms with van der Waals surface area (Å²) in [6.07, 6.45) is 0. The monoisotopic (exact) mass is 400 g/mol. The first-order chi connectivity index (χ1) is 12.1. The molecule has 0 aliphatic rings. The second kappa shape index (κ2) is 8.15. The van der Waals surface area contributed by atoms with Crippen LogP contribution in [0.1, 0.15) is 5.56 Å². The van der Waals surface area contributed by atoms with Gasteiger partial charge in [-0.05, 0) is 42.8 Å². The van der Waals surface area contributed by atoms with Crippen molar-refractivity contribution >= 4 is 33.4 Å². The van der Waals surface area contributed by atoms with Gasteiger partial charge < -0.3 is 5.32 Å². The van der Waals surface area contributed by atoms with E-state index in [0.29, 0.717) is 16.1 Å². The number of anilines is 1. The molecule has 26 heavy (non-hydrogen) atoms. The van der Waals surface area contributed by atoms with Crippen LogP contribution in [0.5, 0.6) is 0 Å². The molecule has 0 fully saturated rings. The molecule has 1 N–H and O–H groups in total. The van der Waals surface area contributed by atoms with Crippen molar-refractivity contribution in [2.45, 2.75) is 16.7 Å². The number of halogens is 2. The molecule has 140 valence electrons. The van der Waals surface area contributed by atoms with Gasteiger partial charge in [-0.2, -0.15) is 0 Å². The number of benzene rings is 2. The summed E-state index contributed by atoms with van der Waals surface area (Å²) in [5.41, 5.74) is 0.903. The Bertz CT molecular complexity index is 932. The van der Waals surface area contributed by atoms with Crippen molar-refractivity contribution in [3.63, 3.8) is 0 Å². The van der Waals surface area contributed by atoms with Crippen LogP contribution in [0.2, 0.25) is 0 Å². The Morgan fingerprint density at radius 3 is 2.42 bits per heavy atom. The number of hydrogen-bond donors (Lipinski definition) is 1. The fourth-order valence-corrected chi connectivity index (χ4v) is 3.93. The second-order valence-electron chi connectivity index (χ2n) is 5.68. The van der Waals surface area contributed by atoms with Gasteiger partial charge in [0.2, 0.25) is 15.9 Å². The molecule has 0 aliphatic carbocycles. The van der Waals surface area contributed by atoms with E-state index in [4.69, 9.17) is 0 Å². The van der Waals surface area contributed by atoms with Crippen LogP contribution in [0.3, 0.4) is 0 Å². The van der Waals surface area contributed by atoms with Gasteiger partial charge in [-0.1, -0.05) is 6.07 Å². The maximum absolute atomic E-state index is 13.2. The lowest BCUT2D eigenvalue weighted by Crippen LogP contribution is -2.23. The smallest absolute Gasteiger partial charge is 0.242 e. The van der Waals surface area contributed by atoms with Crippen LogP contribution in [-0.4, -0.2) is 38.5 Å². The lowest BCUT2D eigenvalue weighted by molar-refractivity contribution is -0.113. The van der Waals surface area contributed by atoms with Gasteiger partial charge in [0.1, 0.15) is 0 Å². The van der Waals surface area contributed by atoms with Crippen molar-refractivity contribution in [2.24, 2.45) is 0 Å². The molecule has 2 rings (SSSR count). The largest absolute Gasteiger partial charge is 0.325 e. The lowest BCUT2D eigenvalue weighted by Gasteiger charge is -2.15. The normalized spacial score (nSPS) is 11.6. The van der Waals surface area contributed by atoms with E-state index in [1.807, 2.05) is 0 Å². The summed E-state index contributed by atoms with van der Waals surface area (Å²) in [6.45, 7) is 1.67. The highest BCUT2D eigenvalue weighted by Gasteiger charge is 2.20. The highest BCUT2D eigenvalue weighted by Crippen LogP contribution is 2.24. The first-order valence-corrected chi connectivity index (χ1v) is 9.94. The molecule has 0 spiro atoms. The van der Waals surface area contributed by atoms with Crippen LogP contribution >= 0.6 is 11.8 Å². The summed E-state index contributed by atoms with van der Waals surface area (Å²) >= 11 is 1.04. The SMILES string of the molecule is Cc1ccc(NC(=O)CSc2ccc(F)c(F)c2)cc1S(=O)(=O)N(C)C. The van der Waals surface area contributed by atoms with Crippen molar-refractivity contribution in [3.05, 3.63) is 53.6 Å². The van der Waals surface area contributed by atoms with Crippen LogP contribution in [0.4, 0.5) is 14.5 Å². The molecular weight excluding hydrogens is 382 g/mol. The number of thioether (sulfide) groups is 1. The molecule has 2 aromatic carbocycles. The van der Waals surface area contributed by atoms with E-state index in [2.05, 4.69) is 5.32 Å². The third kappa shape index (κ3) is 4.80. The Kier molecular flexibility index (Phi) is 6.38. The van der Waals surface area contributed by atoms with E-state index in [9.17, 15) is 22.0 Å². The molecule has 5 nitrogen and oxygen atoms in total. The van der Waals surface area contributed by atoms with Gasteiger partial charge in [-0.25, -0.2) is 21.5 Å². The third-order valence-electron chi connectivity index (χ3n) is 3.49. The first kappa shape index (κ1) is 20.3. The summed E-state index contributed by atoms with van der Waals surface area (Å²) in [4.78, 5) is 12.6. The molecule has 0 aromatic heterocycles. The van der Waals surface area contributed by atoms with Gasteiger partial charge in [-0.15, -0.1) is 11.8 Å². The molecule has 2 aromatic rings. The third-order valence-corrected chi connectivity index (χ3v) is 6.44. The van der Waals surface area contributed by atoms with E-state index < -0.39 is 27.6 Å². The zero-order valence-corrected chi connectivity index (χ0v) is 16.0. The Hall–Kier alpha value is -1.97. The lowest BCUT2D eigenvalue weighted by atomic mass is 10.2. The van der Waals surface area contributed by atoms with Crippen molar-refractivity contribution in [1.29, 1.82) is 0 Å². The van der Waals surface area contributed by atoms with Crippen LogP contribution in [0, 0.1) is 18.6 Å². The van der Waals surface area contributed by atoms with E-state index in [1.54, 1.807) is 19.1 Å². The van der Waals surface area contributed by atoms with Gasteiger partial charge in [0, 0.05) is 24.7 Å². The number of nitrogens with one attached hydrogen (secondary N) is 1. The molecule has 1 amide bonds. The highest BCUT2D eigenvalue weighted by atomic mass is 32.2. The van der Waals surface area contributed by atoms with Gasteiger partial charge in [0.05, 0.1) is 10.6 Å². The molecule has 0 radical (unpaired) electrons. The van der Waals surface area contributed by atoms with Gasteiger partial charge in [0.25, 0.3) is 0 Å². The minimum atomic E-state index is -3.63. The number of amides is 1. The minimum Gasteiger partial charge on any atom is -0.325 e. The molecule has 0 bridgehead atoms. The molecule has 0 saturated heterocycles. The van der Waals surface area contributed by atoms with Gasteiger partial charge in [0.15, 0.2) is 11.6 Å². The predicted molar refractivity (Wildman–Crippen MR) is 97.8 cm³/mol. The average Bonchev–Trinajstić information content (AvgIpc) is 2.57. The number of hydrogen-bond acceptors (Lipinski definition) is 4. The molecule has 0 heterocycles. The minimum absolute atomic E-state index is 0.0330. The average molecular weight is 400 g/mol. The van der Waals surface area contributed by atoms with E-state index in [0.717, 1.165) is 28.2 Å². The molecule has 0 saturated carbocycles. The Balaban J connectivity index is 2.08. The predicted octanol–water partition coefficient (Wildman–Crippen LogP) is 3.25. The van der Waals surface area contributed by atoms with Crippen LogP contribution < -0.4 is 5.32 Å². The van der Waals surface area contributed by atoms with E-state index >= 15 is 0 Å². The maximum atomic E-state index is 13.2. The molecule has 9 heteroatoms. The molecule has 0 unspecified atom stereocenters. The van der Waals surface area contributed by atoms with Crippen molar-refractivity contribution in [1.82, 2.24) is 4.31 Å². The topological polar surface area (TPSA) is 66.5 Å². The van der Waals surface area contributed by atoms with Crippen LogP contribution in [0.15, 0.2) is 46.2 Å². The van der Waals surface area contributed by atoms with Crippen molar-refractivity contribution in [3.8, 4) is 0 Å². The van der Waals surface area contributed by atoms with Crippen molar-refractivity contribution in [2.75, 3.05) is 25.2 Å². The molecule has 0 aliphatic heterocycles. The summed E-state index contributed by atoms with van der Waals surface area (Å²) < 4.78 is 51.8. The number of aryl methyl sites for hydroxylation is 1. The number of sulfonamides is 1. The Morgan fingerprint density at radius 2 is 1.81 bits per heavy atom. The van der Waals surface area contributed by atoms with Crippen LogP contribution in [0.25, 0.3) is 0 Å². The van der Waals surface area contributed by atoms with Crippen molar-refractivity contribution < 1.29 is 22.0 Å². The number of carbonyl (C=O) groups is 1. The number of carbonyl (C=O) groups excluding carboxylic acids is 1. The number of nitrogens with zero attached hydrogens (tertiary/aromatic N) is 1. The van der Waals surface area contributed by atoms with E-state index in [1.165, 1.54) is 26.2 Å². The molecular formula is C17H18F2N2O3S2. The standard InChI is InChI=1S/C17H18F2N2O3S2/c1-11-4-5-12(8-16(11)26(23,24)21(2)3)20-17(22)10-25-13-6-7-14(18)15(19)9-13/h4-9H,10H2,1-3H3,(H,20,22). The van der Waals surface area contributed by atoms with Gasteiger partial charge >= 0.3 is 0 Å². The summed E-state index contributed by atoms with van der Waals surface area (Å²) in [5, 5.41) is 2.61. The number of rotatable bonds is 6. The first-order valence-electron chi connectivity index (χ1n) is 7.52. The fourth-order valence-electron chi connectivity index (χ4n) is 2.07.